The highest BCUT2D eigenvalue weighted by Gasteiger charge is 2.20. The minimum Gasteiger partial charge on any atom is -0.460 e. The number of aromatic nitrogens is 1. The summed E-state index contributed by atoms with van der Waals surface area (Å²) in [6.07, 6.45) is 0.577. The number of rotatable bonds is 4. The second kappa shape index (κ2) is 6.02. The number of benzene rings is 1. The van der Waals surface area contributed by atoms with Crippen LogP contribution in [0.3, 0.4) is 0 Å². The first-order valence-corrected chi connectivity index (χ1v) is 6.37. The molecule has 5 nitrogen and oxygen atoms in total. The van der Waals surface area contributed by atoms with Gasteiger partial charge in [0.1, 0.15) is 0 Å². The van der Waals surface area contributed by atoms with E-state index in [0.29, 0.717) is 29.1 Å². The number of nitrogens with zero attached hydrogens (tertiary/aromatic N) is 2. The summed E-state index contributed by atoms with van der Waals surface area (Å²) < 4.78 is 10.5. The molecule has 0 N–H and O–H groups in total. The van der Waals surface area contributed by atoms with Crippen molar-refractivity contribution in [2.75, 3.05) is 6.61 Å². The predicted octanol–water partition coefficient (Wildman–Crippen LogP) is 2.95. The number of carbonyl (C=O) groups excluding carboxylic acids is 1. The molecule has 0 radical (unpaired) electrons. The quantitative estimate of drug-likeness (QED) is 0.798. The summed E-state index contributed by atoms with van der Waals surface area (Å²) in [6.45, 7) is 3.92. The summed E-state index contributed by atoms with van der Waals surface area (Å²) in [4.78, 5) is 16.1. The fraction of sp³-hybridized carbons (Fsp3) is 0.267. The molecule has 0 aliphatic heterocycles. The van der Waals surface area contributed by atoms with Gasteiger partial charge in [-0.3, -0.25) is 0 Å². The Morgan fingerprint density at radius 1 is 1.35 bits per heavy atom. The lowest BCUT2D eigenvalue weighted by Crippen LogP contribution is -2.05. The van der Waals surface area contributed by atoms with E-state index in [1.54, 1.807) is 31.2 Å². The second-order valence-corrected chi connectivity index (χ2v) is 4.06. The van der Waals surface area contributed by atoms with Gasteiger partial charge in [0.2, 0.25) is 11.7 Å². The highest BCUT2D eigenvalue weighted by atomic mass is 16.5. The van der Waals surface area contributed by atoms with Crippen molar-refractivity contribution in [1.29, 1.82) is 5.26 Å². The van der Waals surface area contributed by atoms with Crippen LogP contribution in [0.2, 0.25) is 0 Å². The van der Waals surface area contributed by atoms with Crippen molar-refractivity contribution in [3.8, 4) is 17.5 Å². The summed E-state index contributed by atoms with van der Waals surface area (Å²) in [5.41, 5.74) is 1.85. The molecule has 0 unspecified atom stereocenters. The van der Waals surface area contributed by atoms with E-state index in [1.165, 1.54) is 0 Å². The third-order valence-electron chi connectivity index (χ3n) is 2.75. The lowest BCUT2D eigenvalue weighted by Gasteiger charge is -1.98. The number of hydrogen-bond donors (Lipinski definition) is 0. The van der Waals surface area contributed by atoms with Gasteiger partial charge in [-0.25, -0.2) is 9.78 Å². The zero-order valence-corrected chi connectivity index (χ0v) is 11.3. The minimum atomic E-state index is -0.503. The average Bonchev–Trinajstić information content (AvgIpc) is 2.92. The third-order valence-corrected chi connectivity index (χ3v) is 2.75. The lowest BCUT2D eigenvalue weighted by molar-refractivity contribution is 0.0489. The Bertz CT molecular complexity index is 651. The maximum Gasteiger partial charge on any atom is 0.376 e. The van der Waals surface area contributed by atoms with Crippen LogP contribution in [0.5, 0.6) is 0 Å². The zero-order valence-electron chi connectivity index (χ0n) is 11.3. The third kappa shape index (κ3) is 2.69. The van der Waals surface area contributed by atoms with Gasteiger partial charge in [0.25, 0.3) is 0 Å². The van der Waals surface area contributed by atoms with Crippen LogP contribution in [0.25, 0.3) is 11.5 Å². The Morgan fingerprint density at radius 2 is 2.05 bits per heavy atom. The Hall–Kier alpha value is -2.61. The van der Waals surface area contributed by atoms with Crippen molar-refractivity contribution >= 4 is 5.97 Å². The van der Waals surface area contributed by atoms with Crippen LogP contribution in [0, 0.1) is 11.3 Å². The molecule has 0 amide bonds. The van der Waals surface area contributed by atoms with Gasteiger partial charge in [-0.1, -0.05) is 6.92 Å². The van der Waals surface area contributed by atoms with Crippen molar-refractivity contribution < 1.29 is 13.9 Å². The Balaban J connectivity index is 2.37. The molecule has 102 valence electrons. The van der Waals surface area contributed by atoms with Crippen LogP contribution in [0.4, 0.5) is 0 Å². The fourth-order valence-electron chi connectivity index (χ4n) is 1.76. The summed E-state index contributed by atoms with van der Waals surface area (Å²) in [6, 6.07) is 8.86. The lowest BCUT2D eigenvalue weighted by atomic mass is 10.1. The van der Waals surface area contributed by atoms with Gasteiger partial charge >= 0.3 is 5.97 Å². The smallest absolute Gasteiger partial charge is 0.376 e. The topological polar surface area (TPSA) is 76.1 Å². The summed E-state index contributed by atoms with van der Waals surface area (Å²) in [7, 11) is 0. The van der Waals surface area contributed by atoms with Gasteiger partial charge in [-0.2, -0.15) is 5.26 Å². The molecule has 0 fully saturated rings. The van der Waals surface area contributed by atoms with Crippen molar-refractivity contribution in [3.05, 3.63) is 41.3 Å². The van der Waals surface area contributed by atoms with E-state index in [2.05, 4.69) is 4.98 Å². The van der Waals surface area contributed by atoms with E-state index >= 15 is 0 Å². The van der Waals surface area contributed by atoms with Crippen LogP contribution in [0.1, 0.15) is 35.7 Å². The number of hydrogen-bond acceptors (Lipinski definition) is 5. The molecule has 2 rings (SSSR count). The molecule has 0 saturated carbocycles. The molecule has 0 aliphatic carbocycles. The highest BCUT2D eigenvalue weighted by molar-refractivity contribution is 5.88. The minimum absolute atomic E-state index is 0.147. The number of aryl methyl sites for hydroxylation is 1. The molecular weight excluding hydrogens is 256 g/mol. The van der Waals surface area contributed by atoms with Crippen LogP contribution < -0.4 is 0 Å². The molecule has 0 saturated heterocycles. The molecule has 1 aromatic carbocycles. The average molecular weight is 270 g/mol. The van der Waals surface area contributed by atoms with Crippen molar-refractivity contribution in [3.63, 3.8) is 0 Å². The van der Waals surface area contributed by atoms with Gasteiger partial charge < -0.3 is 9.15 Å². The Labute approximate surface area is 116 Å². The zero-order chi connectivity index (χ0) is 14.5. The van der Waals surface area contributed by atoms with E-state index in [9.17, 15) is 4.79 Å². The van der Waals surface area contributed by atoms with Crippen LogP contribution in [-0.2, 0) is 11.2 Å². The molecule has 20 heavy (non-hydrogen) atoms. The number of carbonyl (C=O) groups is 1. The normalized spacial score (nSPS) is 10.1. The second-order valence-electron chi connectivity index (χ2n) is 4.06. The predicted molar refractivity (Wildman–Crippen MR) is 72.0 cm³/mol. The first kappa shape index (κ1) is 13.8. The van der Waals surface area contributed by atoms with Gasteiger partial charge in [0, 0.05) is 5.56 Å². The summed E-state index contributed by atoms with van der Waals surface area (Å²) in [5.74, 6) is -0.000141. The molecule has 0 atom stereocenters. The molecule has 0 spiro atoms. The molecule has 0 bridgehead atoms. The van der Waals surface area contributed by atoms with Gasteiger partial charge in [0.05, 0.1) is 23.9 Å². The van der Waals surface area contributed by atoms with E-state index in [0.717, 1.165) is 0 Å². The van der Waals surface area contributed by atoms with Crippen molar-refractivity contribution in [2.24, 2.45) is 0 Å². The maximum atomic E-state index is 11.8. The molecular formula is C15H14N2O3. The van der Waals surface area contributed by atoms with Crippen LogP contribution in [-0.4, -0.2) is 17.6 Å². The van der Waals surface area contributed by atoms with Crippen molar-refractivity contribution in [1.82, 2.24) is 4.98 Å². The Kier molecular flexibility index (Phi) is 4.16. The fourth-order valence-corrected chi connectivity index (χ4v) is 1.76. The largest absolute Gasteiger partial charge is 0.460 e. The molecule has 1 heterocycles. The number of nitriles is 1. The summed E-state index contributed by atoms with van der Waals surface area (Å²) in [5, 5.41) is 8.77. The first-order valence-electron chi connectivity index (χ1n) is 6.37. The number of oxazole rings is 1. The van der Waals surface area contributed by atoms with E-state index in [-0.39, 0.29) is 12.4 Å². The van der Waals surface area contributed by atoms with Crippen LogP contribution >= 0.6 is 0 Å². The number of ether oxygens (including phenoxy) is 1. The van der Waals surface area contributed by atoms with Gasteiger partial charge in [-0.15, -0.1) is 0 Å². The highest BCUT2D eigenvalue weighted by Crippen LogP contribution is 2.23. The van der Waals surface area contributed by atoms with E-state index in [4.69, 9.17) is 14.4 Å². The Morgan fingerprint density at radius 3 is 2.60 bits per heavy atom. The van der Waals surface area contributed by atoms with Crippen molar-refractivity contribution in [2.45, 2.75) is 20.3 Å². The maximum absolute atomic E-state index is 11.8. The van der Waals surface area contributed by atoms with E-state index < -0.39 is 5.97 Å². The molecule has 5 heteroatoms. The molecule has 0 aliphatic rings. The summed E-state index contributed by atoms with van der Waals surface area (Å²) >= 11 is 0. The SMILES string of the molecule is CCOC(=O)c1oc(-c2ccc(C#N)cc2)nc1CC. The van der Waals surface area contributed by atoms with E-state index in [1.807, 2.05) is 13.0 Å². The molecule has 2 aromatic rings. The first-order chi connectivity index (χ1) is 9.69. The van der Waals surface area contributed by atoms with Crippen LogP contribution in [0.15, 0.2) is 28.7 Å². The standard InChI is InChI=1S/C15H14N2O3/c1-3-12-13(15(18)19-4-2)20-14(17-12)11-7-5-10(9-16)6-8-11/h5-8H,3-4H2,1-2H3. The van der Waals surface area contributed by atoms with Gasteiger partial charge in [-0.05, 0) is 37.6 Å². The molecule has 1 aromatic heterocycles. The monoisotopic (exact) mass is 270 g/mol. The van der Waals surface area contributed by atoms with Gasteiger partial charge in [0.15, 0.2) is 0 Å². The number of esters is 1.